The lowest BCUT2D eigenvalue weighted by atomic mass is 10.0. The van der Waals surface area contributed by atoms with E-state index in [2.05, 4.69) is 0 Å². The molecule has 0 saturated carbocycles. The third-order valence-corrected chi connectivity index (χ3v) is 2.46. The van der Waals surface area contributed by atoms with Crippen LogP contribution >= 0.6 is 11.6 Å². The predicted molar refractivity (Wildman–Crippen MR) is 53.8 cm³/mol. The van der Waals surface area contributed by atoms with Crippen LogP contribution in [0.1, 0.15) is 17.2 Å². The maximum Gasteiger partial charge on any atom is 0.124 e. The summed E-state index contributed by atoms with van der Waals surface area (Å²) in [5.41, 5.74) is 12.4. The fourth-order valence-corrected chi connectivity index (χ4v) is 1.28. The Bertz CT molecular complexity index is 315. The number of halogens is 1. The average Bonchev–Trinajstić information content (AvgIpc) is 2.13. The Kier molecular flexibility index (Phi) is 3.14. The van der Waals surface area contributed by atoms with Gasteiger partial charge in [0.05, 0.1) is 0 Å². The minimum atomic E-state index is -0.337. The zero-order valence-electron chi connectivity index (χ0n) is 7.42. The standard InChI is InChI=1S/C9H13ClN2O/c1-5-7(10)3-2-6(9(5)13)8(12)4-11/h2-3,8,13H,4,11-12H2,1H3/t8-/m1/s1. The number of hydrogen-bond donors (Lipinski definition) is 3. The third-order valence-electron chi connectivity index (χ3n) is 2.05. The number of hydrogen-bond acceptors (Lipinski definition) is 3. The molecule has 0 aliphatic heterocycles. The molecule has 1 atom stereocenters. The van der Waals surface area contributed by atoms with Gasteiger partial charge in [0.15, 0.2) is 0 Å². The topological polar surface area (TPSA) is 72.3 Å². The van der Waals surface area contributed by atoms with Crippen molar-refractivity contribution < 1.29 is 5.11 Å². The van der Waals surface area contributed by atoms with E-state index < -0.39 is 0 Å². The van der Waals surface area contributed by atoms with Gasteiger partial charge in [-0.3, -0.25) is 0 Å². The largest absolute Gasteiger partial charge is 0.507 e. The summed E-state index contributed by atoms with van der Waals surface area (Å²) < 4.78 is 0. The molecule has 0 fully saturated rings. The van der Waals surface area contributed by atoms with Gasteiger partial charge < -0.3 is 16.6 Å². The lowest BCUT2D eigenvalue weighted by Gasteiger charge is -2.13. The van der Waals surface area contributed by atoms with Crippen LogP contribution in [-0.4, -0.2) is 11.7 Å². The Balaban J connectivity index is 3.18. The number of phenols is 1. The molecule has 0 spiro atoms. The molecular formula is C9H13ClN2O. The SMILES string of the molecule is Cc1c(Cl)ccc([C@H](N)CN)c1O. The van der Waals surface area contributed by atoms with Crippen LogP contribution < -0.4 is 11.5 Å². The van der Waals surface area contributed by atoms with Crippen LogP contribution in [0.2, 0.25) is 5.02 Å². The van der Waals surface area contributed by atoms with Crippen LogP contribution in [0.25, 0.3) is 0 Å². The Hall–Kier alpha value is -0.770. The Morgan fingerprint density at radius 2 is 2.15 bits per heavy atom. The smallest absolute Gasteiger partial charge is 0.124 e. The van der Waals surface area contributed by atoms with Crippen LogP contribution in [0.4, 0.5) is 0 Å². The summed E-state index contributed by atoms with van der Waals surface area (Å²) in [6.07, 6.45) is 0. The highest BCUT2D eigenvalue weighted by atomic mass is 35.5. The first-order chi connectivity index (χ1) is 6.07. The maximum atomic E-state index is 9.66. The molecule has 0 saturated heterocycles. The molecule has 0 heterocycles. The quantitative estimate of drug-likeness (QED) is 0.674. The first-order valence-corrected chi connectivity index (χ1v) is 4.39. The number of aromatic hydroxyl groups is 1. The summed E-state index contributed by atoms with van der Waals surface area (Å²) in [6.45, 7) is 2.04. The van der Waals surface area contributed by atoms with Gasteiger partial charge in [-0.1, -0.05) is 17.7 Å². The number of phenolic OH excluding ortho intramolecular Hbond substituents is 1. The van der Waals surface area contributed by atoms with Crippen molar-refractivity contribution in [2.45, 2.75) is 13.0 Å². The fraction of sp³-hybridized carbons (Fsp3) is 0.333. The molecule has 13 heavy (non-hydrogen) atoms. The van der Waals surface area contributed by atoms with Gasteiger partial charge >= 0.3 is 0 Å². The summed E-state index contributed by atoms with van der Waals surface area (Å²) >= 11 is 5.80. The van der Waals surface area contributed by atoms with Crippen LogP contribution in [0, 0.1) is 6.92 Å². The van der Waals surface area contributed by atoms with E-state index in [0.717, 1.165) is 0 Å². The normalized spacial score (nSPS) is 12.9. The van der Waals surface area contributed by atoms with E-state index in [0.29, 0.717) is 22.7 Å². The van der Waals surface area contributed by atoms with Crippen molar-refractivity contribution in [2.24, 2.45) is 11.5 Å². The second kappa shape index (κ2) is 3.96. The molecule has 1 aromatic rings. The highest BCUT2D eigenvalue weighted by Gasteiger charge is 2.12. The van der Waals surface area contributed by atoms with Crippen molar-refractivity contribution in [3.63, 3.8) is 0 Å². The second-order valence-electron chi connectivity index (χ2n) is 2.95. The second-order valence-corrected chi connectivity index (χ2v) is 3.36. The lowest BCUT2D eigenvalue weighted by Crippen LogP contribution is -2.20. The van der Waals surface area contributed by atoms with E-state index in [4.69, 9.17) is 23.1 Å². The summed E-state index contributed by atoms with van der Waals surface area (Å²) in [6, 6.07) is 3.07. The minimum Gasteiger partial charge on any atom is -0.507 e. The summed E-state index contributed by atoms with van der Waals surface area (Å²) in [7, 11) is 0. The zero-order valence-corrected chi connectivity index (χ0v) is 8.17. The van der Waals surface area contributed by atoms with Crippen LogP contribution in [-0.2, 0) is 0 Å². The van der Waals surface area contributed by atoms with Gasteiger partial charge in [0.2, 0.25) is 0 Å². The lowest BCUT2D eigenvalue weighted by molar-refractivity contribution is 0.458. The molecule has 1 rings (SSSR count). The van der Waals surface area contributed by atoms with Gasteiger partial charge in [-0.2, -0.15) is 0 Å². The molecule has 0 unspecified atom stereocenters. The van der Waals surface area contributed by atoms with Crippen molar-refractivity contribution in [1.82, 2.24) is 0 Å². The van der Waals surface area contributed by atoms with Gasteiger partial charge in [-0.05, 0) is 13.0 Å². The molecule has 72 valence electrons. The van der Waals surface area contributed by atoms with Gasteiger partial charge in [0, 0.05) is 28.7 Å². The van der Waals surface area contributed by atoms with Crippen molar-refractivity contribution in [2.75, 3.05) is 6.54 Å². The molecule has 0 radical (unpaired) electrons. The predicted octanol–water partition coefficient (Wildman–Crippen LogP) is 1.31. The Labute approximate surface area is 82.3 Å². The van der Waals surface area contributed by atoms with E-state index in [9.17, 15) is 5.11 Å². The highest BCUT2D eigenvalue weighted by Crippen LogP contribution is 2.31. The third kappa shape index (κ3) is 1.94. The summed E-state index contributed by atoms with van der Waals surface area (Å²) in [5, 5.41) is 10.2. The van der Waals surface area contributed by atoms with Gasteiger partial charge in [-0.15, -0.1) is 0 Å². The Morgan fingerprint density at radius 3 is 2.69 bits per heavy atom. The van der Waals surface area contributed by atoms with E-state index in [1.54, 1.807) is 19.1 Å². The van der Waals surface area contributed by atoms with Crippen LogP contribution in [0.5, 0.6) is 5.75 Å². The molecule has 0 aliphatic carbocycles. The van der Waals surface area contributed by atoms with Crippen LogP contribution in [0.3, 0.4) is 0 Å². The van der Waals surface area contributed by atoms with E-state index >= 15 is 0 Å². The monoisotopic (exact) mass is 200 g/mol. The Morgan fingerprint density at radius 1 is 1.54 bits per heavy atom. The molecule has 0 aromatic heterocycles. The molecule has 0 amide bonds. The van der Waals surface area contributed by atoms with Crippen molar-refractivity contribution in [3.8, 4) is 5.75 Å². The molecule has 0 bridgehead atoms. The zero-order chi connectivity index (χ0) is 10.0. The fourth-order valence-electron chi connectivity index (χ4n) is 1.12. The summed E-state index contributed by atoms with van der Waals surface area (Å²) in [5.74, 6) is 0.144. The number of rotatable bonds is 2. The molecular weight excluding hydrogens is 188 g/mol. The first-order valence-electron chi connectivity index (χ1n) is 4.01. The molecule has 3 nitrogen and oxygen atoms in total. The molecule has 1 aromatic carbocycles. The maximum absolute atomic E-state index is 9.66. The minimum absolute atomic E-state index is 0.144. The molecule has 0 aliphatic rings. The number of benzene rings is 1. The molecule has 5 N–H and O–H groups in total. The van der Waals surface area contributed by atoms with E-state index in [1.807, 2.05) is 0 Å². The van der Waals surface area contributed by atoms with E-state index in [1.165, 1.54) is 0 Å². The summed E-state index contributed by atoms with van der Waals surface area (Å²) in [4.78, 5) is 0. The van der Waals surface area contributed by atoms with Crippen molar-refractivity contribution in [1.29, 1.82) is 0 Å². The number of nitrogens with two attached hydrogens (primary N) is 2. The highest BCUT2D eigenvalue weighted by molar-refractivity contribution is 6.31. The molecule has 4 heteroatoms. The van der Waals surface area contributed by atoms with Crippen molar-refractivity contribution in [3.05, 3.63) is 28.3 Å². The van der Waals surface area contributed by atoms with Crippen LogP contribution in [0.15, 0.2) is 12.1 Å². The van der Waals surface area contributed by atoms with E-state index in [-0.39, 0.29) is 11.8 Å². The van der Waals surface area contributed by atoms with Gasteiger partial charge in [0.1, 0.15) is 5.75 Å². The first kappa shape index (κ1) is 10.3. The average molecular weight is 201 g/mol. The van der Waals surface area contributed by atoms with Gasteiger partial charge in [0.25, 0.3) is 0 Å². The van der Waals surface area contributed by atoms with Gasteiger partial charge in [-0.25, -0.2) is 0 Å². The van der Waals surface area contributed by atoms with Crippen molar-refractivity contribution >= 4 is 11.6 Å².